The first-order valence-electron chi connectivity index (χ1n) is 6.87. The zero-order valence-electron chi connectivity index (χ0n) is 12.1. The van der Waals surface area contributed by atoms with Gasteiger partial charge in [0.15, 0.2) is 0 Å². The SMILES string of the molecule is CN(C)CCCc1nccc(Nc2ccccc2)c1N. The third-order valence-electron chi connectivity index (χ3n) is 3.14. The van der Waals surface area contributed by atoms with Gasteiger partial charge in [-0.05, 0) is 51.7 Å². The van der Waals surface area contributed by atoms with Gasteiger partial charge in [-0.2, -0.15) is 0 Å². The number of pyridine rings is 1. The quantitative estimate of drug-likeness (QED) is 0.847. The maximum atomic E-state index is 6.21. The van der Waals surface area contributed by atoms with Crippen LogP contribution in [0.3, 0.4) is 0 Å². The van der Waals surface area contributed by atoms with Crippen molar-refractivity contribution in [2.45, 2.75) is 12.8 Å². The minimum Gasteiger partial charge on any atom is -0.396 e. The number of nitrogens with two attached hydrogens (primary N) is 1. The molecule has 106 valence electrons. The fourth-order valence-corrected chi connectivity index (χ4v) is 2.06. The summed E-state index contributed by atoms with van der Waals surface area (Å²) in [5.41, 5.74) is 9.87. The van der Waals surface area contributed by atoms with Crippen LogP contribution in [0.2, 0.25) is 0 Å². The molecule has 4 heteroatoms. The van der Waals surface area contributed by atoms with Gasteiger partial charge in [0, 0.05) is 11.9 Å². The number of hydrogen-bond acceptors (Lipinski definition) is 4. The Balaban J connectivity index is 2.07. The van der Waals surface area contributed by atoms with Crippen molar-refractivity contribution < 1.29 is 0 Å². The van der Waals surface area contributed by atoms with Gasteiger partial charge >= 0.3 is 0 Å². The highest BCUT2D eigenvalue weighted by Crippen LogP contribution is 2.25. The lowest BCUT2D eigenvalue weighted by Crippen LogP contribution is -2.14. The first-order chi connectivity index (χ1) is 9.66. The Labute approximate surface area is 120 Å². The number of aryl methyl sites for hydroxylation is 1. The van der Waals surface area contributed by atoms with Crippen molar-refractivity contribution in [3.8, 4) is 0 Å². The second-order valence-corrected chi connectivity index (χ2v) is 5.12. The maximum Gasteiger partial charge on any atom is 0.0772 e. The molecule has 20 heavy (non-hydrogen) atoms. The number of nitrogens with one attached hydrogen (secondary N) is 1. The maximum absolute atomic E-state index is 6.21. The molecule has 2 rings (SSSR count). The predicted molar refractivity (Wildman–Crippen MR) is 85.2 cm³/mol. The van der Waals surface area contributed by atoms with E-state index in [0.29, 0.717) is 0 Å². The summed E-state index contributed by atoms with van der Waals surface area (Å²) in [7, 11) is 4.15. The van der Waals surface area contributed by atoms with Gasteiger partial charge < -0.3 is 16.0 Å². The van der Waals surface area contributed by atoms with Gasteiger partial charge in [-0.15, -0.1) is 0 Å². The molecule has 0 saturated carbocycles. The molecule has 4 nitrogen and oxygen atoms in total. The van der Waals surface area contributed by atoms with E-state index in [0.717, 1.165) is 42.1 Å². The molecule has 0 fully saturated rings. The Kier molecular flexibility index (Phi) is 4.96. The fourth-order valence-electron chi connectivity index (χ4n) is 2.06. The van der Waals surface area contributed by atoms with Crippen molar-refractivity contribution in [3.05, 3.63) is 48.3 Å². The average molecular weight is 270 g/mol. The van der Waals surface area contributed by atoms with E-state index in [-0.39, 0.29) is 0 Å². The predicted octanol–water partition coefficient (Wildman–Crippen LogP) is 2.90. The number of rotatable bonds is 6. The van der Waals surface area contributed by atoms with Crippen LogP contribution in [0.4, 0.5) is 17.1 Å². The topological polar surface area (TPSA) is 54.2 Å². The number of anilines is 3. The molecule has 0 saturated heterocycles. The third-order valence-corrected chi connectivity index (χ3v) is 3.14. The minimum atomic E-state index is 0.745. The summed E-state index contributed by atoms with van der Waals surface area (Å²) in [5.74, 6) is 0. The first kappa shape index (κ1) is 14.3. The van der Waals surface area contributed by atoms with Crippen LogP contribution in [0.25, 0.3) is 0 Å². The standard InChI is InChI=1S/C16H22N4/c1-20(2)12-6-9-14-16(17)15(10-11-18-14)19-13-7-4-3-5-8-13/h3-5,7-8,10-11H,6,9,12,17H2,1-2H3,(H,18,19). The largest absolute Gasteiger partial charge is 0.396 e. The first-order valence-corrected chi connectivity index (χ1v) is 6.87. The summed E-state index contributed by atoms with van der Waals surface area (Å²) in [6.45, 7) is 1.04. The molecular formula is C16H22N4. The number of aromatic nitrogens is 1. The van der Waals surface area contributed by atoms with Gasteiger partial charge in [-0.1, -0.05) is 18.2 Å². The van der Waals surface area contributed by atoms with Crippen molar-refractivity contribution in [2.24, 2.45) is 0 Å². The molecule has 3 N–H and O–H groups in total. The third kappa shape index (κ3) is 3.96. The van der Waals surface area contributed by atoms with E-state index in [2.05, 4.69) is 29.3 Å². The molecular weight excluding hydrogens is 248 g/mol. The van der Waals surface area contributed by atoms with Crippen molar-refractivity contribution in [3.63, 3.8) is 0 Å². The highest BCUT2D eigenvalue weighted by atomic mass is 15.0. The van der Waals surface area contributed by atoms with Crippen molar-refractivity contribution in [1.29, 1.82) is 0 Å². The van der Waals surface area contributed by atoms with E-state index in [4.69, 9.17) is 5.73 Å². The van der Waals surface area contributed by atoms with Crippen molar-refractivity contribution in [1.82, 2.24) is 9.88 Å². The number of benzene rings is 1. The molecule has 0 spiro atoms. The molecule has 0 unspecified atom stereocenters. The van der Waals surface area contributed by atoms with Gasteiger partial charge in [0.25, 0.3) is 0 Å². The smallest absolute Gasteiger partial charge is 0.0772 e. The van der Waals surface area contributed by atoms with Gasteiger partial charge in [-0.3, -0.25) is 4.98 Å². The van der Waals surface area contributed by atoms with E-state index in [9.17, 15) is 0 Å². The molecule has 1 aromatic heterocycles. The molecule has 0 radical (unpaired) electrons. The summed E-state index contributed by atoms with van der Waals surface area (Å²) in [5, 5.41) is 3.34. The summed E-state index contributed by atoms with van der Waals surface area (Å²) in [6.07, 6.45) is 3.76. The summed E-state index contributed by atoms with van der Waals surface area (Å²) < 4.78 is 0. The molecule has 1 heterocycles. The van der Waals surface area contributed by atoms with E-state index in [1.54, 1.807) is 0 Å². The number of hydrogen-bond donors (Lipinski definition) is 2. The highest BCUT2D eigenvalue weighted by molar-refractivity contribution is 5.73. The Hall–Kier alpha value is -2.07. The van der Waals surface area contributed by atoms with Crippen LogP contribution in [0.1, 0.15) is 12.1 Å². The monoisotopic (exact) mass is 270 g/mol. The van der Waals surface area contributed by atoms with Crippen LogP contribution >= 0.6 is 0 Å². The molecule has 0 atom stereocenters. The van der Waals surface area contributed by atoms with Crippen molar-refractivity contribution >= 4 is 17.1 Å². The Morgan fingerprint density at radius 3 is 2.60 bits per heavy atom. The second kappa shape index (κ2) is 6.91. The fraction of sp³-hybridized carbons (Fsp3) is 0.312. The van der Waals surface area contributed by atoms with Gasteiger partial charge in [-0.25, -0.2) is 0 Å². The number of nitrogen functional groups attached to an aromatic ring is 1. The van der Waals surface area contributed by atoms with E-state index >= 15 is 0 Å². The number of nitrogens with zero attached hydrogens (tertiary/aromatic N) is 2. The second-order valence-electron chi connectivity index (χ2n) is 5.12. The van der Waals surface area contributed by atoms with Crippen molar-refractivity contribution in [2.75, 3.05) is 31.7 Å². The van der Waals surface area contributed by atoms with Crippen LogP contribution in [0.5, 0.6) is 0 Å². The van der Waals surface area contributed by atoms with Crippen LogP contribution < -0.4 is 11.1 Å². The van der Waals surface area contributed by atoms with Crippen LogP contribution in [0.15, 0.2) is 42.6 Å². The lowest BCUT2D eigenvalue weighted by atomic mass is 10.1. The highest BCUT2D eigenvalue weighted by Gasteiger charge is 2.06. The minimum absolute atomic E-state index is 0.745. The zero-order valence-corrected chi connectivity index (χ0v) is 12.1. The van der Waals surface area contributed by atoms with Gasteiger partial charge in [0.1, 0.15) is 0 Å². The van der Waals surface area contributed by atoms with E-state index < -0.39 is 0 Å². The van der Waals surface area contributed by atoms with Crippen LogP contribution in [0, 0.1) is 0 Å². The molecule has 1 aromatic carbocycles. The molecule has 2 aromatic rings. The Bertz CT molecular complexity index is 537. The molecule has 0 aliphatic heterocycles. The zero-order chi connectivity index (χ0) is 14.4. The van der Waals surface area contributed by atoms with Crippen LogP contribution in [-0.4, -0.2) is 30.5 Å². The molecule has 0 aliphatic carbocycles. The van der Waals surface area contributed by atoms with Crippen LogP contribution in [-0.2, 0) is 6.42 Å². The van der Waals surface area contributed by atoms with E-state index in [1.165, 1.54) is 0 Å². The average Bonchev–Trinajstić information content (AvgIpc) is 2.44. The normalized spacial score (nSPS) is 10.8. The lowest BCUT2D eigenvalue weighted by molar-refractivity contribution is 0.399. The van der Waals surface area contributed by atoms with E-state index in [1.807, 2.05) is 42.6 Å². The molecule has 0 aliphatic rings. The summed E-state index contributed by atoms with van der Waals surface area (Å²) in [6, 6.07) is 11.9. The summed E-state index contributed by atoms with van der Waals surface area (Å²) >= 11 is 0. The summed E-state index contributed by atoms with van der Waals surface area (Å²) in [4.78, 5) is 6.56. The molecule has 0 amide bonds. The Morgan fingerprint density at radius 1 is 1.15 bits per heavy atom. The van der Waals surface area contributed by atoms with Gasteiger partial charge in [0.2, 0.25) is 0 Å². The lowest BCUT2D eigenvalue weighted by Gasteiger charge is -2.13. The number of para-hydroxylation sites is 1. The van der Waals surface area contributed by atoms with Gasteiger partial charge in [0.05, 0.1) is 17.1 Å². The molecule has 0 bridgehead atoms. The Morgan fingerprint density at radius 2 is 1.90 bits per heavy atom.